The Bertz CT molecular complexity index is 292. The molecule has 0 heterocycles. The molecule has 1 rings (SSSR count). The van der Waals surface area contributed by atoms with E-state index in [2.05, 4.69) is 52.9 Å². The van der Waals surface area contributed by atoms with Crippen LogP contribution in [0.2, 0.25) is 18.1 Å². The number of hydrogen-bond acceptors (Lipinski definition) is 1. The molecule has 0 aliphatic heterocycles. The average Bonchev–Trinajstić information content (AvgIpc) is 2.06. The molecule has 15 heavy (non-hydrogen) atoms. The summed E-state index contributed by atoms with van der Waals surface area (Å²) in [7, 11) is -1.64. The molecule has 1 nitrogen and oxygen atoms in total. The van der Waals surface area contributed by atoms with Crippen LogP contribution in [0.1, 0.15) is 40.5 Å². The Labute approximate surface area is 95.4 Å². The van der Waals surface area contributed by atoms with Crippen molar-refractivity contribution in [3.05, 3.63) is 23.5 Å². The van der Waals surface area contributed by atoms with Crippen LogP contribution in [0.4, 0.5) is 0 Å². The zero-order chi connectivity index (χ0) is 11.7. The number of hydrogen-bond donors (Lipinski definition) is 0. The zero-order valence-corrected chi connectivity index (χ0v) is 12.0. The van der Waals surface area contributed by atoms with Gasteiger partial charge in [-0.1, -0.05) is 26.8 Å². The predicted molar refractivity (Wildman–Crippen MR) is 69.4 cm³/mol. The topological polar surface area (TPSA) is 9.23 Å². The van der Waals surface area contributed by atoms with Crippen LogP contribution in [-0.4, -0.2) is 8.32 Å². The lowest BCUT2D eigenvalue weighted by Crippen LogP contribution is -2.40. The van der Waals surface area contributed by atoms with Crippen LogP contribution in [0.5, 0.6) is 0 Å². The van der Waals surface area contributed by atoms with Crippen LogP contribution in [0.3, 0.4) is 0 Å². The maximum absolute atomic E-state index is 6.29. The van der Waals surface area contributed by atoms with Crippen molar-refractivity contribution in [3.63, 3.8) is 0 Å². The first-order chi connectivity index (χ1) is 6.74. The number of rotatable bonds is 2. The minimum absolute atomic E-state index is 0.283. The van der Waals surface area contributed by atoms with Crippen molar-refractivity contribution in [3.8, 4) is 0 Å². The summed E-state index contributed by atoms with van der Waals surface area (Å²) in [5.74, 6) is 1.13. The van der Waals surface area contributed by atoms with E-state index >= 15 is 0 Å². The van der Waals surface area contributed by atoms with Crippen LogP contribution in [0.15, 0.2) is 23.5 Å². The van der Waals surface area contributed by atoms with E-state index in [0.717, 1.165) is 18.6 Å². The van der Waals surface area contributed by atoms with E-state index < -0.39 is 8.32 Å². The van der Waals surface area contributed by atoms with Gasteiger partial charge in [-0.25, -0.2) is 0 Å². The van der Waals surface area contributed by atoms with E-state index in [1.807, 2.05) is 0 Å². The molecule has 86 valence electrons. The van der Waals surface area contributed by atoms with Gasteiger partial charge in [0.2, 0.25) is 8.32 Å². The summed E-state index contributed by atoms with van der Waals surface area (Å²) in [5, 5.41) is 0.283. The van der Waals surface area contributed by atoms with Gasteiger partial charge in [-0.15, -0.1) is 0 Å². The minimum atomic E-state index is -1.64. The second kappa shape index (κ2) is 4.16. The van der Waals surface area contributed by atoms with E-state index in [1.165, 1.54) is 5.57 Å². The summed E-state index contributed by atoms with van der Waals surface area (Å²) >= 11 is 0. The summed E-state index contributed by atoms with van der Waals surface area (Å²) < 4.78 is 6.29. The fraction of sp³-hybridized carbons (Fsp3) is 0.692. The molecule has 0 amide bonds. The molecular weight excluding hydrogens is 200 g/mol. The van der Waals surface area contributed by atoms with Crippen molar-refractivity contribution in [1.29, 1.82) is 0 Å². The molecule has 0 saturated carbocycles. The Morgan fingerprint density at radius 3 is 2.33 bits per heavy atom. The molecule has 0 spiro atoms. The third-order valence-electron chi connectivity index (χ3n) is 3.55. The van der Waals surface area contributed by atoms with E-state index in [-0.39, 0.29) is 5.04 Å². The predicted octanol–water partition coefficient (Wildman–Crippen LogP) is 4.63. The van der Waals surface area contributed by atoms with Gasteiger partial charge in [0.15, 0.2) is 0 Å². The summed E-state index contributed by atoms with van der Waals surface area (Å²) in [6.07, 6.45) is 6.69. The highest BCUT2D eigenvalue weighted by atomic mass is 28.4. The first-order valence-corrected chi connectivity index (χ1v) is 8.70. The molecule has 1 aliphatic carbocycles. The number of allylic oxidation sites excluding steroid dienone is 3. The lowest BCUT2D eigenvalue weighted by atomic mass is 10.1. The van der Waals surface area contributed by atoms with E-state index in [4.69, 9.17) is 4.43 Å². The van der Waals surface area contributed by atoms with Crippen molar-refractivity contribution < 1.29 is 4.43 Å². The van der Waals surface area contributed by atoms with Crippen LogP contribution >= 0.6 is 0 Å². The van der Waals surface area contributed by atoms with Gasteiger partial charge in [0.25, 0.3) is 0 Å². The fourth-order valence-electron chi connectivity index (χ4n) is 1.30. The van der Waals surface area contributed by atoms with Crippen LogP contribution in [-0.2, 0) is 4.43 Å². The van der Waals surface area contributed by atoms with Gasteiger partial charge in [0.05, 0.1) is 0 Å². The lowest BCUT2D eigenvalue weighted by molar-refractivity contribution is 0.390. The molecule has 2 heteroatoms. The third-order valence-corrected chi connectivity index (χ3v) is 7.89. The molecule has 0 aromatic rings. The monoisotopic (exact) mass is 224 g/mol. The third kappa shape index (κ3) is 2.97. The van der Waals surface area contributed by atoms with Crippen LogP contribution in [0.25, 0.3) is 0 Å². The molecule has 0 aromatic heterocycles. The second-order valence-electron chi connectivity index (χ2n) is 5.95. The van der Waals surface area contributed by atoms with Crippen molar-refractivity contribution in [1.82, 2.24) is 0 Å². The Morgan fingerprint density at radius 2 is 1.87 bits per heavy atom. The standard InChI is InChI=1S/C13H24OSi/c1-11-9-7-8-10-12(11)14-15(5,6)13(2,3)4/h8,10H,7,9H2,1-6H3. The Kier molecular flexibility index (Phi) is 3.49. The minimum Gasteiger partial charge on any atom is -0.544 e. The molecule has 0 bridgehead atoms. The second-order valence-corrected chi connectivity index (χ2v) is 10.7. The lowest BCUT2D eigenvalue weighted by Gasteiger charge is -2.37. The molecule has 0 saturated heterocycles. The van der Waals surface area contributed by atoms with Gasteiger partial charge >= 0.3 is 0 Å². The van der Waals surface area contributed by atoms with Gasteiger partial charge in [0.1, 0.15) is 5.76 Å². The molecule has 0 atom stereocenters. The first-order valence-electron chi connectivity index (χ1n) is 5.79. The molecule has 0 N–H and O–H groups in total. The van der Waals surface area contributed by atoms with Crippen molar-refractivity contribution in [2.45, 2.75) is 58.7 Å². The molecule has 1 aliphatic rings. The van der Waals surface area contributed by atoms with Gasteiger partial charge in [-0.2, -0.15) is 0 Å². The van der Waals surface area contributed by atoms with Crippen molar-refractivity contribution >= 4 is 8.32 Å². The van der Waals surface area contributed by atoms with Crippen molar-refractivity contribution in [2.75, 3.05) is 0 Å². The highest BCUT2D eigenvalue weighted by molar-refractivity contribution is 6.74. The van der Waals surface area contributed by atoms with Gasteiger partial charge in [-0.3, -0.25) is 0 Å². The summed E-state index contributed by atoms with van der Waals surface area (Å²) in [6.45, 7) is 13.6. The quantitative estimate of drug-likeness (QED) is 0.621. The maximum Gasteiger partial charge on any atom is 0.250 e. The molecule has 0 radical (unpaired) electrons. The van der Waals surface area contributed by atoms with Crippen molar-refractivity contribution in [2.24, 2.45) is 0 Å². The highest BCUT2D eigenvalue weighted by Crippen LogP contribution is 2.39. The van der Waals surface area contributed by atoms with Gasteiger partial charge in [-0.05, 0) is 49.5 Å². The summed E-state index contributed by atoms with van der Waals surface area (Å²) in [5.41, 5.74) is 1.40. The highest BCUT2D eigenvalue weighted by Gasteiger charge is 2.39. The molecule has 0 unspecified atom stereocenters. The summed E-state index contributed by atoms with van der Waals surface area (Å²) in [6, 6.07) is 0. The smallest absolute Gasteiger partial charge is 0.250 e. The zero-order valence-electron chi connectivity index (χ0n) is 11.0. The molecular formula is C13H24OSi. The SMILES string of the molecule is CC1=C(O[Si](C)(C)C(C)(C)C)C=CCC1. The van der Waals surface area contributed by atoms with Gasteiger partial charge < -0.3 is 4.43 Å². The largest absolute Gasteiger partial charge is 0.544 e. The van der Waals surface area contributed by atoms with Crippen LogP contribution < -0.4 is 0 Å². The fourth-order valence-corrected chi connectivity index (χ4v) is 2.40. The first kappa shape index (κ1) is 12.6. The summed E-state index contributed by atoms with van der Waals surface area (Å²) in [4.78, 5) is 0. The van der Waals surface area contributed by atoms with E-state index in [0.29, 0.717) is 0 Å². The Morgan fingerprint density at radius 1 is 1.27 bits per heavy atom. The van der Waals surface area contributed by atoms with E-state index in [1.54, 1.807) is 0 Å². The Balaban J connectivity index is 2.82. The van der Waals surface area contributed by atoms with Crippen LogP contribution in [0, 0.1) is 0 Å². The average molecular weight is 224 g/mol. The molecule has 0 aromatic carbocycles. The Hall–Kier alpha value is -0.503. The van der Waals surface area contributed by atoms with Gasteiger partial charge in [0, 0.05) is 0 Å². The maximum atomic E-state index is 6.29. The molecule has 0 fully saturated rings. The van der Waals surface area contributed by atoms with E-state index in [9.17, 15) is 0 Å². The normalized spacial score (nSPS) is 18.3.